The van der Waals surface area contributed by atoms with E-state index in [1.54, 1.807) is 13.3 Å². The maximum atomic E-state index is 12.3. The Bertz CT molecular complexity index is 1670. The van der Waals surface area contributed by atoms with Crippen LogP contribution in [0.5, 0.6) is 5.75 Å². The molecule has 3 fully saturated rings. The summed E-state index contributed by atoms with van der Waals surface area (Å²) in [4.78, 5) is 25.8. The van der Waals surface area contributed by atoms with Gasteiger partial charge in [-0.15, -0.1) is 5.10 Å². The number of anilines is 5. The third-order valence-electron chi connectivity index (χ3n) is 8.95. The molecule has 224 valence electrons. The fourth-order valence-corrected chi connectivity index (χ4v) is 6.07. The molecule has 0 radical (unpaired) electrons. The third-order valence-corrected chi connectivity index (χ3v) is 8.95. The first-order chi connectivity index (χ1) is 20.7. The van der Waals surface area contributed by atoms with Gasteiger partial charge >= 0.3 is 0 Å². The van der Waals surface area contributed by atoms with Crippen LogP contribution in [0.15, 0.2) is 61.3 Å². The van der Waals surface area contributed by atoms with Crippen molar-refractivity contribution in [3.8, 4) is 11.6 Å². The van der Waals surface area contributed by atoms with Crippen molar-refractivity contribution in [3.05, 3.63) is 61.3 Å². The average Bonchev–Trinajstić information content (AvgIpc) is 3.36. The van der Waals surface area contributed by atoms with Gasteiger partial charge in [0.1, 0.15) is 5.75 Å². The van der Waals surface area contributed by atoms with E-state index >= 15 is 0 Å². The average molecular weight is 582 g/mol. The first kappa shape index (κ1) is 28.5. The quantitative estimate of drug-likeness (QED) is 0.201. The number of amides is 1. The van der Waals surface area contributed by atoms with Gasteiger partial charge in [-0.1, -0.05) is 25.6 Å². The number of carbonyl (C=O) groups is 1. The number of methoxy groups -OCH3 is 1. The number of carbonyl (C=O) groups excluding carboxylic acids is 1. The van der Waals surface area contributed by atoms with E-state index in [1.807, 2.05) is 56.2 Å². The van der Waals surface area contributed by atoms with E-state index in [0.29, 0.717) is 34.8 Å². The number of nitrogens with zero attached hydrogens (tertiary/aromatic N) is 6. The first-order valence-corrected chi connectivity index (χ1v) is 14.6. The van der Waals surface area contributed by atoms with Crippen LogP contribution in [0.2, 0.25) is 0 Å². The van der Waals surface area contributed by atoms with Crippen molar-refractivity contribution >= 4 is 45.6 Å². The number of hydrogen-bond acceptors (Lipinski definition) is 9. The summed E-state index contributed by atoms with van der Waals surface area (Å²) in [6.07, 6.45) is 5.36. The monoisotopic (exact) mass is 581 g/mol. The number of ether oxygens (including phenoxy) is 1. The molecule has 43 heavy (non-hydrogen) atoms. The Morgan fingerprint density at radius 3 is 2.63 bits per heavy atom. The summed E-state index contributed by atoms with van der Waals surface area (Å²) in [5.74, 6) is 3.67. The van der Waals surface area contributed by atoms with E-state index in [0.717, 1.165) is 41.4 Å². The lowest BCUT2D eigenvalue weighted by Gasteiger charge is -2.67. The molecule has 0 unspecified atom stereocenters. The number of likely N-dealkylation sites (N-methyl/N-ethyl adjacent to an activating group) is 2. The van der Waals surface area contributed by atoms with Crippen LogP contribution in [0, 0.1) is 11.8 Å². The molecule has 0 saturated heterocycles. The highest BCUT2D eigenvalue weighted by Gasteiger charge is 2.63. The van der Waals surface area contributed by atoms with Crippen LogP contribution in [-0.2, 0) is 4.79 Å². The molecule has 7 rings (SSSR count). The highest BCUT2D eigenvalue weighted by molar-refractivity contribution is 6.02. The minimum atomic E-state index is -0.306. The fourth-order valence-electron chi connectivity index (χ4n) is 6.07. The van der Waals surface area contributed by atoms with Crippen LogP contribution < -0.4 is 25.6 Å². The number of nitrogens with one attached hydrogen (secondary N) is 3. The maximum Gasteiger partial charge on any atom is 0.247 e. The second kappa shape index (κ2) is 11.2. The van der Waals surface area contributed by atoms with Crippen molar-refractivity contribution in [1.29, 1.82) is 0 Å². The fraction of sp³-hybridized carbons (Fsp3) is 0.375. The molecule has 2 bridgehead atoms. The third kappa shape index (κ3) is 5.25. The summed E-state index contributed by atoms with van der Waals surface area (Å²) in [7, 11) is 7.64. The molecule has 0 aliphatic heterocycles. The molecular weight excluding hydrogens is 542 g/mol. The van der Waals surface area contributed by atoms with Crippen LogP contribution in [-0.4, -0.2) is 77.4 Å². The zero-order valence-electron chi connectivity index (χ0n) is 25.4. The zero-order valence-corrected chi connectivity index (χ0v) is 25.4. The SMILES string of the molecule is C=CC(=O)Nc1cc(Nc2nccc(-n3nc(NC45CC(C4)[C@@H]5C)c4ccccc43)n2)c(OC)cc1N(C)CCN(C)C. The van der Waals surface area contributed by atoms with Gasteiger partial charge in [-0.05, 0) is 63.0 Å². The number of benzene rings is 2. The Labute approximate surface area is 251 Å². The first-order valence-electron chi connectivity index (χ1n) is 14.6. The zero-order chi connectivity index (χ0) is 30.3. The van der Waals surface area contributed by atoms with Crippen molar-refractivity contribution < 1.29 is 9.53 Å². The number of fused-ring (bicyclic) bond motifs is 1. The molecule has 3 saturated carbocycles. The molecule has 11 heteroatoms. The van der Waals surface area contributed by atoms with Gasteiger partial charge in [-0.3, -0.25) is 4.79 Å². The second-order valence-corrected chi connectivity index (χ2v) is 11.9. The van der Waals surface area contributed by atoms with Crippen molar-refractivity contribution in [2.24, 2.45) is 11.8 Å². The largest absolute Gasteiger partial charge is 0.494 e. The molecule has 2 aromatic carbocycles. The summed E-state index contributed by atoms with van der Waals surface area (Å²) in [5, 5.41) is 16.0. The van der Waals surface area contributed by atoms with E-state index in [9.17, 15) is 4.79 Å². The highest BCUT2D eigenvalue weighted by Crippen LogP contribution is 2.63. The Morgan fingerprint density at radius 2 is 1.95 bits per heavy atom. The van der Waals surface area contributed by atoms with E-state index in [4.69, 9.17) is 14.8 Å². The molecule has 3 aliphatic rings. The lowest BCUT2D eigenvalue weighted by Crippen LogP contribution is -2.70. The maximum absolute atomic E-state index is 12.3. The van der Waals surface area contributed by atoms with Gasteiger partial charge in [0.2, 0.25) is 11.9 Å². The molecule has 1 amide bonds. The minimum Gasteiger partial charge on any atom is -0.494 e. The molecule has 3 aliphatic carbocycles. The predicted octanol–water partition coefficient (Wildman–Crippen LogP) is 4.90. The molecule has 2 heterocycles. The summed E-state index contributed by atoms with van der Waals surface area (Å²) in [5.41, 5.74) is 3.16. The summed E-state index contributed by atoms with van der Waals surface area (Å²) < 4.78 is 7.61. The van der Waals surface area contributed by atoms with Crippen LogP contribution in [0.25, 0.3) is 16.7 Å². The van der Waals surface area contributed by atoms with Crippen molar-refractivity contribution in [2.45, 2.75) is 25.3 Å². The Hall–Kier alpha value is -4.64. The molecule has 1 atom stereocenters. The van der Waals surface area contributed by atoms with Crippen LogP contribution in [0.1, 0.15) is 19.8 Å². The lowest BCUT2D eigenvalue weighted by molar-refractivity contribution is -0.111. The molecule has 2 aromatic heterocycles. The summed E-state index contributed by atoms with van der Waals surface area (Å²) in [6, 6.07) is 13.8. The molecular formula is C32H39N9O2. The van der Waals surface area contributed by atoms with Gasteiger partial charge in [0.25, 0.3) is 0 Å². The Balaban J connectivity index is 1.32. The molecule has 0 spiro atoms. The normalized spacial score (nSPS) is 20.2. The van der Waals surface area contributed by atoms with Gasteiger partial charge < -0.3 is 30.5 Å². The minimum absolute atomic E-state index is 0.160. The highest BCUT2D eigenvalue weighted by atomic mass is 16.5. The molecule has 3 N–H and O–H groups in total. The van der Waals surface area contributed by atoms with E-state index in [-0.39, 0.29) is 11.4 Å². The van der Waals surface area contributed by atoms with Crippen LogP contribution in [0.4, 0.5) is 28.8 Å². The van der Waals surface area contributed by atoms with Gasteiger partial charge in [-0.2, -0.15) is 4.98 Å². The van der Waals surface area contributed by atoms with E-state index < -0.39 is 0 Å². The summed E-state index contributed by atoms with van der Waals surface area (Å²) >= 11 is 0. The van der Waals surface area contributed by atoms with Gasteiger partial charge in [0, 0.05) is 49.4 Å². The molecule has 4 aromatic rings. The Morgan fingerprint density at radius 1 is 1.16 bits per heavy atom. The smallest absolute Gasteiger partial charge is 0.247 e. The predicted molar refractivity (Wildman–Crippen MR) is 172 cm³/mol. The topological polar surface area (TPSA) is 112 Å². The number of para-hydroxylation sites is 1. The van der Waals surface area contributed by atoms with Crippen LogP contribution in [0.3, 0.4) is 0 Å². The standard InChI is InChI=1S/C32H39N9O2/c1-7-29(42)34-23-16-24(27(43-6)17-26(23)40(5)15-14-39(3)4)35-31-33-13-12-28(36-31)41-25-11-9-8-10-22(25)30(38-41)37-32-18-21(19-32)20(32)2/h7-13,16-17,20-21H,1,14-15,18-19H2,2-6H3,(H,34,42)(H,37,38)(H,33,35,36)/t20-,21?,32?/m0/s1. The van der Waals surface area contributed by atoms with E-state index in [2.05, 4.69) is 56.4 Å². The Kier molecular flexibility index (Phi) is 7.43. The van der Waals surface area contributed by atoms with Crippen LogP contribution >= 0.6 is 0 Å². The van der Waals surface area contributed by atoms with E-state index in [1.165, 1.54) is 18.9 Å². The number of rotatable bonds is 12. The molecule has 11 nitrogen and oxygen atoms in total. The van der Waals surface area contributed by atoms with Gasteiger partial charge in [0.05, 0.1) is 29.7 Å². The van der Waals surface area contributed by atoms with Gasteiger partial charge in [0.15, 0.2) is 11.6 Å². The second-order valence-electron chi connectivity index (χ2n) is 11.9. The van der Waals surface area contributed by atoms with Crippen molar-refractivity contribution in [3.63, 3.8) is 0 Å². The summed E-state index contributed by atoms with van der Waals surface area (Å²) in [6.45, 7) is 7.52. The van der Waals surface area contributed by atoms with Gasteiger partial charge in [-0.25, -0.2) is 9.67 Å². The number of aromatic nitrogens is 4. The number of hydrogen-bond donors (Lipinski definition) is 3. The lowest BCUT2D eigenvalue weighted by atomic mass is 9.43. The van der Waals surface area contributed by atoms with Crippen molar-refractivity contribution in [1.82, 2.24) is 24.6 Å². The van der Waals surface area contributed by atoms with Crippen molar-refractivity contribution in [2.75, 3.05) is 62.2 Å².